The Morgan fingerprint density at radius 1 is 1.15 bits per heavy atom. The minimum atomic E-state index is -0.0654. The summed E-state index contributed by atoms with van der Waals surface area (Å²) in [7, 11) is 1.66. The molecule has 0 saturated carbocycles. The summed E-state index contributed by atoms with van der Waals surface area (Å²) in [4.78, 5) is 0. The van der Waals surface area contributed by atoms with Gasteiger partial charge in [-0.05, 0) is 73.1 Å². The van der Waals surface area contributed by atoms with Gasteiger partial charge in [-0.25, -0.2) is 5.84 Å². The highest BCUT2D eigenvalue weighted by Crippen LogP contribution is 2.40. The smallest absolute Gasteiger partial charge is 0.166 e. The van der Waals surface area contributed by atoms with Crippen molar-refractivity contribution in [3.63, 3.8) is 0 Å². The zero-order valence-corrected chi connectivity index (χ0v) is 27.5. The summed E-state index contributed by atoms with van der Waals surface area (Å²) in [6.45, 7) is 22.6. The monoisotopic (exact) mass is 577 g/mol. The van der Waals surface area contributed by atoms with Gasteiger partial charge in [0, 0.05) is 17.5 Å². The predicted octanol–water partition coefficient (Wildman–Crippen LogP) is 9.01. The van der Waals surface area contributed by atoms with Crippen LogP contribution in [-0.4, -0.2) is 7.11 Å². The molecule has 2 rings (SSSR count). The number of rotatable bonds is 11. The molecule has 0 saturated heterocycles. The second-order valence-corrected chi connectivity index (χ2v) is 10.7. The third kappa shape index (κ3) is 9.80. The molecule has 6 N–H and O–H groups in total. The number of nitrogens with one attached hydrogen (secondary N) is 2. The first-order chi connectivity index (χ1) is 19.4. The minimum absolute atomic E-state index is 0.0654. The number of hydrogen-bond donors (Lipinski definition) is 5. The normalized spacial score (nSPS) is 12.5. The van der Waals surface area contributed by atoms with Crippen LogP contribution in [0.5, 0.6) is 5.75 Å². The molecule has 0 radical (unpaired) electrons. The first-order valence-corrected chi connectivity index (χ1v) is 14.5. The van der Waals surface area contributed by atoms with E-state index in [4.69, 9.17) is 16.3 Å². The molecular weight excluding hydrogens is 526 g/mol. The van der Waals surface area contributed by atoms with Crippen LogP contribution in [0.2, 0.25) is 0 Å². The number of benzene rings is 2. The molecule has 6 nitrogen and oxygen atoms in total. The zero-order valence-electron chi connectivity index (χ0n) is 26.6. The number of aryl methyl sites for hydroxylation is 1. The van der Waals surface area contributed by atoms with E-state index in [2.05, 4.69) is 93.5 Å². The van der Waals surface area contributed by atoms with Crippen molar-refractivity contribution >= 4 is 35.6 Å². The van der Waals surface area contributed by atoms with E-state index in [1.165, 1.54) is 0 Å². The largest absolute Gasteiger partial charge is 0.492 e. The Morgan fingerprint density at radius 2 is 1.78 bits per heavy atom. The maximum Gasteiger partial charge on any atom is 0.166 e. The van der Waals surface area contributed by atoms with Gasteiger partial charge < -0.3 is 20.5 Å². The number of ether oxygens (including phenoxy) is 1. The number of anilines is 3. The lowest BCUT2D eigenvalue weighted by atomic mass is 9.86. The molecule has 0 aromatic heterocycles. The Hall–Kier alpha value is -3.55. The van der Waals surface area contributed by atoms with Gasteiger partial charge in [0.25, 0.3) is 0 Å². The number of methoxy groups -OCH3 is 1. The molecule has 0 atom stereocenters. The Morgan fingerprint density at radius 3 is 2.29 bits per heavy atom. The molecule has 0 fully saturated rings. The van der Waals surface area contributed by atoms with E-state index in [0.717, 1.165) is 57.0 Å². The highest BCUT2D eigenvalue weighted by atomic mass is 32.1. The van der Waals surface area contributed by atoms with Crippen LogP contribution in [-0.2, 0) is 5.41 Å². The molecule has 0 aliphatic heterocycles. The molecule has 0 aliphatic carbocycles. The van der Waals surface area contributed by atoms with E-state index in [9.17, 15) is 0 Å². The fraction of sp³-hybridized carbons (Fsp3) is 0.353. The quantitative estimate of drug-likeness (QED) is 0.0793. The number of allylic oxidation sites excluding steroid dienone is 5. The lowest BCUT2D eigenvalue weighted by Gasteiger charge is -2.25. The van der Waals surface area contributed by atoms with E-state index in [-0.39, 0.29) is 5.41 Å². The van der Waals surface area contributed by atoms with E-state index in [1.807, 2.05) is 52.8 Å². The van der Waals surface area contributed by atoms with Crippen molar-refractivity contribution in [2.75, 3.05) is 22.2 Å². The summed E-state index contributed by atoms with van der Waals surface area (Å²) in [5.41, 5.74) is 15.2. The average Bonchev–Trinajstić information content (AvgIpc) is 2.93. The van der Waals surface area contributed by atoms with Crippen LogP contribution in [0.25, 0.3) is 5.70 Å². The molecule has 0 unspecified atom stereocenters. The van der Waals surface area contributed by atoms with Crippen molar-refractivity contribution in [1.82, 2.24) is 0 Å². The van der Waals surface area contributed by atoms with Crippen molar-refractivity contribution in [3.05, 3.63) is 101 Å². The molecule has 0 spiro atoms. The van der Waals surface area contributed by atoms with Crippen LogP contribution in [0.15, 0.2) is 84.3 Å². The standard InChI is InChI=1S/C32H45N5OS.C2H6/c1-10-12-14-25(21(3)4)26(33)20-37(34)30-17-23(16-15-22(30)5)27(13-11-2)35-28-18-24(32(6,7)8)19-29(36-39)31(28)38-9;1-2/h10,12-20,35-36,39H,3,11,33-34H2,1-2,4-9H3;1-2H3/b12-10-,25-14+,26-20-,27-13?;. The van der Waals surface area contributed by atoms with E-state index >= 15 is 0 Å². The van der Waals surface area contributed by atoms with Gasteiger partial charge in [-0.2, -0.15) is 0 Å². The topological polar surface area (TPSA) is 88.6 Å². The SMILES string of the molecule is C=C(C)C(=C\C=C/C)/C(N)=C/N(N)c1cc(C(=CCC)Nc2cc(C(C)(C)C)cc(NS)c2OC)ccc1C.CC. The summed E-state index contributed by atoms with van der Waals surface area (Å²) in [6, 6.07) is 10.4. The Bertz CT molecular complexity index is 1300. The maximum absolute atomic E-state index is 6.54. The van der Waals surface area contributed by atoms with E-state index < -0.39 is 0 Å². The molecular formula is C34H51N5OS. The van der Waals surface area contributed by atoms with Gasteiger partial charge >= 0.3 is 0 Å². The number of hydrazine groups is 1. The number of nitrogens with two attached hydrogens (primary N) is 2. The lowest BCUT2D eigenvalue weighted by Crippen LogP contribution is -2.27. The molecule has 2 aromatic carbocycles. The van der Waals surface area contributed by atoms with Crippen LogP contribution >= 0.6 is 12.8 Å². The highest BCUT2D eigenvalue weighted by molar-refractivity contribution is 7.81. The van der Waals surface area contributed by atoms with Crippen LogP contribution in [0.3, 0.4) is 0 Å². The van der Waals surface area contributed by atoms with Crippen molar-refractivity contribution in [1.29, 1.82) is 0 Å². The summed E-state index contributed by atoms with van der Waals surface area (Å²) in [6.07, 6.45) is 10.5. The van der Waals surface area contributed by atoms with Gasteiger partial charge in [-0.3, -0.25) is 5.01 Å². The Labute approximate surface area is 254 Å². The first kappa shape index (κ1) is 35.5. The molecule has 0 bridgehead atoms. The molecule has 2 aromatic rings. The van der Waals surface area contributed by atoms with Crippen molar-refractivity contribution in [2.24, 2.45) is 11.6 Å². The second kappa shape index (κ2) is 16.7. The number of nitrogens with zero attached hydrogens (tertiary/aromatic N) is 1. The molecule has 0 heterocycles. The van der Waals surface area contributed by atoms with Crippen molar-refractivity contribution in [2.45, 2.75) is 74.1 Å². The fourth-order valence-electron chi connectivity index (χ4n) is 4.07. The molecule has 7 heteroatoms. The van der Waals surface area contributed by atoms with Crippen LogP contribution in [0, 0.1) is 6.92 Å². The average molecular weight is 578 g/mol. The summed E-state index contributed by atoms with van der Waals surface area (Å²) < 4.78 is 8.75. The van der Waals surface area contributed by atoms with Crippen LogP contribution in [0.4, 0.5) is 17.1 Å². The summed E-state index contributed by atoms with van der Waals surface area (Å²) in [5.74, 6) is 7.22. The Kier molecular flexibility index (Phi) is 14.4. The van der Waals surface area contributed by atoms with Gasteiger partial charge in [-0.1, -0.05) is 97.4 Å². The lowest BCUT2D eigenvalue weighted by molar-refractivity contribution is 0.418. The summed E-state index contributed by atoms with van der Waals surface area (Å²) in [5, 5.41) is 5.18. The molecule has 0 aliphatic rings. The minimum Gasteiger partial charge on any atom is -0.492 e. The van der Waals surface area contributed by atoms with Gasteiger partial charge in [0.2, 0.25) is 0 Å². The third-order valence-electron chi connectivity index (χ3n) is 6.26. The second-order valence-electron chi connectivity index (χ2n) is 10.5. The fourth-order valence-corrected chi connectivity index (χ4v) is 4.24. The van der Waals surface area contributed by atoms with Gasteiger partial charge in [0.1, 0.15) is 0 Å². The first-order valence-electron chi connectivity index (χ1n) is 14.1. The Balaban J connectivity index is 0.00000411. The maximum atomic E-state index is 6.54. The van der Waals surface area contributed by atoms with Crippen molar-refractivity contribution in [3.8, 4) is 5.75 Å². The molecule has 0 amide bonds. The summed E-state index contributed by atoms with van der Waals surface area (Å²) >= 11 is 4.33. The van der Waals surface area contributed by atoms with E-state index in [0.29, 0.717) is 11.4 Å². The van der Waals surface area contributed by atoms with Crippen LogP contribution in [0.1, 0.15) is 78.5 Å². The third-order valence-corrected chi connectivity index (χ3v) is 6.50. The molecule has 41 heavy (non-hydrogen) atoms. The van der Waals surface area contributed by atoms with Gasteiger partial charge in [0.15, 0.2) is 5.75 Å². The predicted molar refractivity (Wildman–Crippen MR) is 185 cm³/mol. The van der Waals surface area contributed by atoms with Crippen LogP contribution < -0.4 is 31.4 Å². The van der Waals surface area contributed by atoms with Crippen molar-refractivity contribution < 1.29 is 4.74 Å². The van der Waals surface area contributed by atoms with Gasteiger partial charge in [-0.15, -0.1) is 0 Å². The van der Waals surface area contributed by atoms with Gasteiger partial charge in [0.05, 0.1) is 29.9 Å². The number of thiol groups is 1. The van der Waals surface area contributed by atoms with E-state index in [1.54, 1.807) is 18.3 Å². The zero-order chi connectivity index (χ0) is 31.3. The molecule has 224 valence electrons. The number of hydrogen-bond acceptors (Lipinski definition) is 7. The highest BCUT2D eigenvalue weighted by Gasteiger charge is 2.20.